The minimum atomic E-state index is -0.649. The van der Waals surface area contributed by atoms with E-state index in [9.17, 15) is 24.0 Å². The lowest BCUT2D eigenvalue weighted by Gasteiger charge is -2.13. The first kappa shape index (κ1) is 13.6. The second kappa shape index (κ2) is 5.43. The van der Waals surface area contributed by atoms with Gasteiger partial charge in [0.2, 0.25) is 17.7 Å². The van der Waals surface area contributed by atoms with E-state index >= 15 is 0 Å². The third kappa shape index (κ3) is 2.76. The number of hydrogen-bond acceptors (Lipinski definition) is 6. The van der Waals surface area contributed by atoms with Crippen molar-refractivity contribution in [3.8, 4) is 0 Å². The SMILES string of the molecule is O=C(CC=NN1C(=O)C=CC1=O)NN1C(=O)CCC1=O. The first-order chi connectivity index (χ1) is 9.49. The summed E-state index contributed by atoms with van der Waals surface area (Å²) < 4.78 is 0. The molecule has 1 saturated heterocycles. The standard InChI is InChI=1S/C11H10N4O5/c16-7(13-15-10(19)3-4-11(15)20)5-6-12-14-8(17)1-2-9(14)18/h1-2,6H,3-5H2,(H,13,16). The first-order valence-electron chi connectivity index (χ1n) is 5.73. The highest BCUT2D eigenvalue weighted by molar-refractivity contribution is 6.13. The van der Waals surface area contributed by atoms with Crippen LogP contribution >= 0.6 is 0 Å². The minimum absolute atomic E-state index is 0.0651. The summed E-state index contributed by atoms with van der Waals surface area (Å²) in [7, 11) is 0. The van der Waals surface area contributed by atoms with Crippen LogP contribution in [0, 0.1) is 0 Å². The van der Waals surface area contributed by atoms with Gasteiger partial charge in [-0.2, -0.15) is 15.1 Å². The molecular formula is C11H10N4O5. The van der Waals surface area contributed by atoms with E-state index in [-0.39, 0.29) is 19.3 Å². The van der Waals surface area contributed by atoms with E-state index in [1.807, 2.05) is 0 Å². The number of rotatable bonds is 4. The molecule has 1 N–H and O–H groups in total. The molecule has 2 aliphatic heterocycles. The van der Waals surface area contributed by atoms with Crippen LogP contribution in [0.5, 0.6) is 0 Å². The lowest BCUT2D eigenvalue weighted by Crippen LogP contribution is -2.45. The molecule has 9 nitrogen and oxygen atoms in total. The summed E-state index contributed by atoms with van der Waals surface area (Å²) >= 11 is 0. The van der Waals surface area contributed by atoms with Crippen LogP contribution in [0.4, 0.5) is 0 Å². The van der Waals surface area contributed by atoms with Crippen LogP contribution < -0.4 is 5.43 Å². The molecule has 5 amide bonds. The fourth-order valence-corrected chi connectivity index (χ4v) is 1.58. The second-order valence-corrected chi connectivity index (χ2v) is 3.98. The third-order valence-electron chi connectivity index (χ3n) is 2.55. The van der Waals surface area contributed by atoms with Gasteiger partial charge in [0.05, 0.1) is 6.42 Å². The molecule has 0 unspecified atom stereocenters. The molecule has 2 aliphatic rings. The zero-order chi connectivity index (χ0) is 14.7. The van der Waals surface area contributed by atoms with Crippen molar-refractivity contribution in [3.63, 3.8) is 0 Å². The second-order valence-electron chi connectivity index (χ2n) is 3.98. The molecule has 0 aromatic rings. The number of carbonyl (C=O) groups excluding carboxylic acids is 5. The Balaban J connectivity index is 1.84. The monoisotopic (exact) mass is 278 g/mol. The summed E-state index contributed by atoms with van der Waals surface area (Å²) in [6.07, 6.45) is 3.01. The van der Waals surface area contributed by atoms with Crippen LogP contribution in [-0.2, 0) is 24.0 Å². The Bertz CT molecular complexity index is 531. The van der Waals surface area contributed by atoms with Crippen LogP contribution in [0.2, 0.25) is 0 Å². The van der Waals surface area contributed by atoms with E-state index < -0.39 is 29.5 Å². The number of amides is 5. The zero-order valence-electron chi connectivity index (χ0n) is 10.2. The van der Waals surface area contributed by atoms with Gasteiger partial charge in [-0.1, -0.05) is 0 Å². The van der Waals surface area contributed by atoms with Gasteiger partial charge in [-0.05, 0) is 0 Å². The quantitative estimate of drug-likeness (QED) is 0.494. The van der Waals surface area contributed by atoms with Crippen molar-refractivity contribution in [1.82, 2.24) is 15.4 Å². The molecule has 0 aromatic carbocycles. The molecule has 104 valence electrons. The number of hydrazone groups is 1. The van der Waals surface area contributed by atoms with Crippen molar-refractivity contribution < 1.29 is 24.0 Å². The van der Waals surface area contributed by atoms with Crippen molar-refractivity contribution in [1.29, 1.82) is 0 Å². The van der Waals surface area contributed by atoms with Crippen LogP contribution in [0.1, 0.15) is 19.3 Å². The Morgan fingerprint density at radius 1 is 1.15 bits per heavy atom. The average Bonchev–Trinajstić information content (AvgIpc) is 2.88. The van der Waals surface area contributed by atoms with Gasteiger partial charge in [0.15, 0.2) is 0 Å². The molecule has 0 radical (unpaired) electrons. The van der Waals surface area contributed by atoms with Crippen molar-refractivity contribution in [3.05, 3.63) is 12.2 Å². The van der Waals surface area contributed by atoms with Crippen LogP contribution in [0.3, 0.4) is 0 Å². The summed E-state index contributed by atoms with van der Waals surface area (Å²) in [5.74, 6) is -2.80. The molecule has 2 rings (SSSR count). The van der Waals surface area contributed by atoms with Crippen LogP contribution in [0.25, 0.3) is 0 Å². The fourth-order valence-electron chi connectivity index (χ4n) is 1.58. The molecule has 0 aliphatic carbocycles. The Hall–Kier alpha value is -2.84. The summed E-state index contributed by atoms with van der Waals surface area (Å²) in [4.78, 5) is 56.2. The minimum Gasteiger partial charge on any atom is -0.273 e. The topological polar surface area (TPSA) is 116 Å². The predicted molar refractivity (Wildman–Crippen MR) is 63.3 cm³/mol. The number of imide groups is 2. The number of carbonyl (C=O) groups is 5. The number of nitrogens with zero attached hydrogens (tertiary/aromatic N) is 3. The van der Waals surface area contributed by atoms with Crippen LogP contribution in [-0.4, -0.2) is 45.8 Å². The smallest absolute Gasteiger partial charge is 0.273 e. The molecule has 1 fully saturated rings. The number of nitrogens with one attached hydrogen (secondary N) is 1. The van der Waals surface area contributed by atoms with Gasteiger partial charge in [0.1, 0.15) is 0 Å². The van der Waals surface area contributed by atoms with Gasteiger partial charge in [0.25, 0.3) is 11.8 Å². The van der Waals surface area contributed by atoms with E-state index in [0.29, 0.717) is 10.0 Å². The number of hydrazine groups is 1. The van der Waals surface area contributed by atoms with Gasteiger partial charge in [-0.25, -0.2) is 0 Å². The summed E-state index contributed by atoms with van der Waals surface area (Å²) in [5, 5.41) is 4.79. The normalized spacial score (nSPS) is 18.8. The maximum Gasteiger partial charge on any atom is 0.274 e. The van der Waals surface area contributed by atoms with E-state index in [1.165, 1.54) is 0 Å². The average molecular weight is 278 g/mol. The molecule has 0 spiro atoms. The van der Waals surface area contributed by atoms with Crippen molar-refractivity contribution in [2.24, 2.45) is 5.10 Å². The lowest BCUT2D eigenvalue weighted by atomic mass is 10.4. The summed E-state index contributed by atoms with van der Waals surface area (Å²) in [6.45, 7) is 0. The highest BCUT2D eigenvalue weighted by Gasteiger charge is 2.30. The predicted octanol–water partition coefficient (Wildman–Crippen LogP) is -1.53. The maximum atomic E-state index is 11.5. The molecule has 2 heterocycles. The van der Waals surface area contributed by atoms with Gasteiger partial charge in [-0.15, -0.1) is 0 Å². The molecule has 20 heavy (non-hydrogen) atoms. The highest BCUT2D eigenvalue weighted by Crippen LogP contribution is 2.08. The van der Waals surface area contributed by atoms with Gasteiger partial charge in [0, 0.05) is 31.2 Å². The Morgan fingerprint density at radius 2 is 1.70 bits per heavy atom. The van der Waals surface area contributed by atoms with Crippen molar-refractivity contribution in [2.75, 3.05) is 0 Å². The lowest BCUT2D eigenvalue weighted by molar-refractivity contribution is -0.147. The van der Waals surface area contributed by atoms with Crippen molar-refractivity contribution >= 4 is 35.8 Å². The molecule has 0 atom stereocenters. The molecule has 0 bridgehead atoms. The van der Waals surface area contributed by atoms with E-state index in [1.54, 1.807) is 0 Å². The van der Waals surface area contributed by atoms with Gasteiger partial charge in [-0.3, -0.25) is 29.4 Å². The molecule has 0 aromatic heterocycles. The van der Waals surface area contributed by atoms with Gasteiger partial charge < -0.3 is 0 Å². The third-order valence-corrected chi connectivity index (χ3v) is 2.55. The van der Waals surface area contributed by atoms with Crippen LogP contribution in [0.15, 0.2) is 17.3 Å². The molecular weight excluding hydrogens is 268 g/mol. The van der Waals surface area contributed by atoms with E-state index in [4.69, 9.17) is 0 Å². The zero-order valence-corrected chi connectivity index (χ0v) is 10.2. The molecule has 0 saturated carbocycles. The highest BCUT2D eigenvalue weighted by atomic mass is 16.2. The number of hydrogen-bond donors (Lipinski definition) is 1. The Morgan fingerprint density at radius 3 is 2.25 bits per heavy atom. The Kier molecular flexibility index (Phi) is 3.69. The Labute approximate surface area is 112 Å². The van der Waals surface area contributed by atoms with E-state index in [0.717, 1.165) is 18.4 Å². The van der Waals surface area contributed by atoms with Gasteiger partial charge >= 0.3 is 0 Å². The largest absolute Gasteiger partial charge is 0.274 e. The fraction of sp³-hybridized carbons (Fsp3) is 0.273. The van der Waals surface area contributed by atoms with Crippen molar-refractivity contribution in [2.45, 2.75) is 19.3 Å². The summed E-state index contributed by atoms with van der Waals surface area (Å²) in [6, 6.07) is 0. The van der Waals surface area contributed by atoms with E-state index in [2.05, 4.69) is 10.5 Å². The molecule has 9 heteroatoms. The summed E-state index contributed by atoms with van der Waals surface area (Å²) in [5.41, 5.74) is 2.13. The maximum absolute atomic E-state index is 11.5. The first-order valence-corrected chi connectivity index (χ1v) is 5.73.